The Labute approximate surface area is 489 Å². The van der Waals surface area contributed by atoms with Crippen LogP contribution in [0.15, 0.2) is 90.2 Å². The minimum Gasteiger partial charge on any atom is -0.492 e. The highest BCUT2D eigenvalue weighted by Crippen LogP contribution is 2.55. The Bertz CT molecular complexity index is 3650. The van der Waals surface area contributed by atoms with Gasteiger partial charge in [0, 0.05) is 112 Å². The van der Waals surface area contributed by atoms with E-state index in [0.717, 1.165) is 101 Å². The molecule has 3 aromatic heterocycles. The summed E-state index contributed by atoms with van der Waals surface area (Å²) in [5, 5.41) is 16.7. The van der Waals surface area contributed by atoms with Gasteiger partial charge in [-0.05, 0) is 129 Å². The van der Waals surface area contributed by atoms with Crippen LogP contribution in [-0.4, -0.2) is 141 Å². The highest BCUT2D eigenvalue weighted by atomic mass is 32.2. The van der Waals surface area contributed by atoms with Gasteiger partial charge in [-0.15, -0.1) is 0 Å². The van der Waals surface area contributed by atoms with Gasteiger partial charge in [-0.2, -0.15) is 4.98 Å². The first-order valence-corrected chi connectivity index (χ1v) is 31.5. The number of nitro benzene ring substituents is 1. The molecule has 1 spiro atoms. The first-order valence-electron chi connectivity index (χ1n) is 30.0. The molecule has 5 fully saturated rings. The van der Waals surface area contributed by atoms with Gasteiger partial charge < -0.3 is 43.8 Å². The second-order valence-corrected chi connectivity index (χ2v) is 27.0. The number of carbonyl (C=O) groups excluding carboxylic acids is 1. The lowest BCUT2D eigenvalue weighted by Gasteiger charge is -2.58. The maximum atomic E-state index is 15.0. The number of nitro groups is 1. The molecule has 84 heavy (non-hydrogen) atoms. The molecule has 4 saturated heterocycles. The zero-order valence-corrected chi connectivity index (χ0v) is 49.0. The standard InChI is InChI=1S/C63H74N10O10S/c1-38-7-5-6-8-45(38)53-35-70(39(2)47-33-64-34-55-57(47)62(3,4)17-26-81-55)21-22-71(53)43-31-63(32-43)15-19-69(20-16-63)42-9-10-46(50(28-42)72-49-14-25-80-37-56(49)83-61-52(72)27-41-11-18-65-59(41)67-61)60(74)68-84(77,78)44-29-51(73(75)76)58-54(30-44)82-36-48(66-58)40-12-23-79-24-13-40/h5-11,18,27-30,33-34,39-40,43,48-49,53,56,66H,12-17,19-26,31-32,35-37H2,1-4H3,(H,65,67)(H,68,74)/t39-,48-,49-,53-,56-/m0/s1. The number of piperazine rings is 1. The van der Waals surface area contributed by atoms with E-state index >= 15 is 0 Å². The molecule has 21 heteroatoms. The summed E-state index contributed by atoms with van der Waals surface area (Å²) in [4.78, 5) is 49.2. The van der Waals surface area contributed by atoms with E-state index in [2.05, 4.69) is 97.8 Å². The number of ether oxygens (including phenoxy) is 5. The van der Waals surface area contributed by atoms with Crippen molar-refractivity contribution in [3.8, 4) is 17.4 Å². The van der Waals surface area contributed by atoms with Crippen LogP contribution < -0.4 is 34.0 Å². The number of nitrogens with one attached hydrogen (secondary N) is 3. The van der Waals surface area contributed by atoms with Crippen LogP contribution in [0.2, 0.25) is 0 Å². The molecule has 7 aliphatic heterocycles. The molecule has 8 aliphatic rings. The molecule has 20 nitrogen and oxygen atoms in total. The second-order valence-electron chi connectivity index (χ2n) is 25.3. The van der Waals surface area contributed by atoms with Gasteiger partial charge >= 0.3 is 0 Å². The molecular weight excluding hydrogens is 1090 g/mol. The maximum Gasteiger partial charge on any atom is 0.297 e. The number of benzene rings is 3. The van der Waals surface area contributed by atoms with Crippen LogP contribution in [0.25, 0.3) is 11.0 Å². The molecule has 14 rings (SSSR count). The van der Waals surface area contributed by atoms with Crippen LogP contribution in [0.3, 0.4) is 0 Å². The summed E-state index contributed by atoms with van der Waals surface area (Å²) < 4.78 is 61.6. The van der Waals surface area contributed by atoms with E-state index in [-0.39, 0.29) is 64.5 Å². The number of sulfonamides is 1. The Morgan fingerprint density at radius 3 is 2.50 bits per heavy atom. The van der Waals surface area contributed by atoms with Gasteiger partial charge in [-0.3, -0.25) is 29.7 Å². The molecule has 3 N–H and O–H groups in total. The minimum atomic E-state index is -4.71. The van der Waals surface area contributed by atoms with E-state index in [1.165, 1.54) is 28.3 Å². The molecule has 6 aromatic rings. The van der Waals surface area contributed by atoms with Crippen molar-refractivity contribution < 1.29 is 41.8 Å². The molecule has 1 aliphatic carbocycles. The Hall–Kier alpha value is -7.04. The molecule has 0 radical (unpaired) electrons. The van der Waals surface area contributed by atoms with Crippen molar-refractivity contribution in [3.63, 3.8) is 0 Å². The summed E-state index contributed by atoms with van der Waals surface area (Å²) in [6.07, 6.45) is 12.7. The topological polar surface area (TPSA) is 219 Å². The number of hydrogen-bond acceptors (Lipinski definition) is 17. The van der Waals surface area contributed by atoms with Crippen molar-refractivity contribution in [2.24, 2.45) is 11.3 Å². The third-order valence-corrected chi connectivity index (χ3v) is 21.4. The molecule has 0 unspecified atom stereocenters. The van der Waals surface area contributed by atoms with E-state index in [9.17, 15) is 23.3 Å². The van der Waals surface area contributed by atoms with Crippen LogP contribution in [0.5, 0.6) is 17.4 Å². The lowest BCUT2D eigenvalue weighted by molar-refractivity contribution is -0.384. The lowest BCUT2D eigenvalue weighted by atomic mass is 9.59. The fraction of sp³-hybridized carbons (Fsp3) is 0.508. The number of H-pyrrole nitrogens is 1. The lowest BCUT2D eigenvalue weighted by Crippen LogP contribution is -2.60. The molecular formula is C63H74N10O10S. The third kappa shape index (κ3) is 9.86. The average molecular weight is 1160 g/mol. The second kappa shape index (κ2) is 21.5. The van der Waals surface area contributed by atoms with Gasteiger partial charge in [0.15, 0.2) is 11.4 Å². The Morgan fingerprint density at radius 1 is 0.881 bits per heavy atom. The Balaban J connectivity index is 0.731. The summed E-state index contributed by atoms with van der Waals surface area (Å²) in [7, 11) is -4.71. The van der Waals surface area contributed by atoms with Gasteiger partial charge in [-0.25, -0.2) is 13.1 Å². The van der Waals surface area contributed by atoms with Crippen molar-refractivity contribution in [1.82, 2.24) is 29.5 Å². The Kier molecular flexibility index (Phi) is 14.0. The molecule has 3 aromatic carbocycles. The highest BCUT2D eigenvalue weighted by molar-refractivity contribution is 7.90. The van der Waals surface area contributed by atoms with E-state index in [0.29, 0.717) is 68.4 Å². The predicted octanol–water partition coefficient (Wildman–Crippen LogP) is 9.51. The van der Waals surface area contributed by atoms with Crippen molar-refractivity contribution >= 4 is 55.4 Å². The van der Waals surface area contributed by atoms with Gasteiger partial charge in [0.2, 0.25) is 5.88 Å². The normalized spacial score (nSPS) is 24.7. The van der Waals surface area contributed by atoms with E-state index < -0.39 is 37.5 Å². The zero-order chi connectivity index (χ0) is 57.6. The zero-order valence-electron chi connectivity index (χ0n) is 48.2. The van der Waals surface area contributed by atoms with Crippen LogP contribution in [0, 0.1) is 28.4 Å². The maximum absolute atomic E-state index is 15.0. The van der Waals surface area contributed by atoms with Crippen LogP contribution in [0.4, 0.5) is 28.4 Å². The summed E-state index contributed by atoms with van der Waals surface area (Å²) >= 11 is 0. The van der Waals surface area contributed by atoms with Crippen LogP contribution in [-0.2, 0) is 24.9 Å². The third-order valence-electron chi connectivity index (χ3n) is 20.1. The smallest absolute Gasteiger partial charge is 0.297 e. The van der Waals surface area contributed by atoms with Gasteiger partial charge in [0.1, 0.15) is 29.8 Å². The molecule has 10 heterocycles. The van der Waals surface area contributed by atoms with E-state index in [1.807, 2.05) is 36.7 Å². The number of carbonyl (C=O) groups is 1. The molecule has 1 amide bonds. The predicted molar refractivity (Wildman–Crippen MR) is 317 cm³/mol. The summed E-state index contributed by atoms with van der Waals surface area (Å²) in [5.74, 6) is 0.581. The Morgan fingerprint density at radius 2 is 1.69 bits per heavy atom. The van der Waals surface area contributed by atoms with Crippen molar-refractivity contribution in [1.29, 1.82) is 0 Å². The first kappa shape index (κ1) is 54.9. The number of aryl methyl sites for hydroxylation is 1. The minimum absolute atomic E-state index is 0.00239. The number of nitrogens with zero attached hydrogens (tertiary/aromatic N) is 7. The van der Waals surface area contributed by atoms with Gasteiger partial charge in [0.05, 0.1) is 52.6 Å². The highest BCUT2D eigenvalue weighted by Gasteiger charge is 2.51. The van der Waals surface area contributed by atoms with Crippen LogP contribution >= 0.6 is 0 Å². The number of anilines is 4. The number of pyridine rings is 2. The van der Waals surface area contributed by atoms with Gasteiger partial charge in [-0.1, -0.05) is 38.1 Å². The fourth-order valence-electron chi connectivity index (χ4n) is 15.2. The average Bonchev–Trinajstić information content (AvgIpc) is 1.37. The summed E-state index contributed by atoms with van der Waals surface area (Å²) in [6, 6.07) is 21.0. The van der Waals surface area contributed by atoms with E-state index in [4.69, 9.17) is 28.7 Å². The largest absolute Gasteiger partial charge is 0.492 e. The first-order chi connectivity index (χ1) is 40.6. The molecule has 1 saturated carbocycles. The van der Waals surface area contributed by atoms with Crippen molar-refractivity contribution in [3.05, 3.63) is 123 Å². The number of hydrogen-bond donors (Lipinski definition) is 3. The van der Waals surface area contributed by atoms with Crippen LogP contribution in [0.1, 0.15) is 117 Å². The SMILES string of the molecule is Cc1ccccc1[C@@H]1CN([C@@H](C)c2cncc3c2C(C)(C)CCO3)CCN1C1CC2(CCN(c3ccc(C(=O)NS(=O)(=O)c4cc5c(c([N+](=O)[O-])c4)N[C@H](C4CCOCC4)CO5)c(N4c5cc6cc[nH]c6nc5O[C@H]5COCC[C@@H]54)c3)CC2)C1. The number of piperidine rings is 1. The molecule has 5 atom stereocenters. The number of aromatic amines is 1. The number of rotatable bonds is 11. The van der Waals surface area contributed by atoms with Gasteiger partial charge in [0.25, 0.3) is 21.6 Å². The van der Waals surface area contributed by atoms with Crippen molar-refractivity contribution in [2.45, 2.75) is 126 Å². The number of aromatic nitrogens is 3. The van der Waals surface area contributed by atoms with E-state index in [1.54, 1.807) is 6.07 Å². The molecule has 0 bridgehead atoms. The fourth-order valence-corrected chi connectivity index (χ4v) is 16.2. The summed E-state index contributed by atoms with van der Waals surface area (Å²) in [6.45, 7) is 16.5. The quantitative estimate of drug-likeness (QED) is 0.0812. The number of fused-ring (bicyclic) bond motifs is 5. The number of amides is 1. The van der Waals surface area contributed by atoms with Crippen molar-refractivity contribution in [2.75, 3.05) is 87.5 Å². The summed E-state index contributed by atoms with van der Waals surface area (Å²) in [5.41, 5.74) is 7.90. The monoisotopic (exact) mass is 1160 g/mol. The molecule has 442 valence electrons.